The predicted molar refractivity (Wildman–Crippen MR) is 137 cm³/mol. The van der Waals surface area contributed by atoms with Crippen LogP contribution in [0.3, 0.4) is 0 Å². The quantitative estimate of drug-likeness (QED) is 0.293. The maximum absolute atomic E-state index is 10.7. The van der Waals surface area contributed by atoms with Crippen LogP contribution in [0.2, 0.25) is 0 Å². The van der Waals surface area contributed by atoms with Crippen LogP contribution in [0, 0.1) is 0 Å². The summed E-state index contributed by atoms with van der Waals surface area (Å²) in [5.41, 5.74) is 3.80. The lowest BCUT2D eigenvalue weighted by Crippen LogP contribution is -2.00. The smallest absolute Gasteiger partial charge is 0.231 e. The molecule has 0 amide bonds. The topological polar surface area (TPSA) is 77.4 Å². The van der Waals surface area contributed by atoms with Crippen molar-refractivity contribution in [2.24, 2.45) is 0 Å². The second kappa shape index (κ2) is 10.9. The fraction of sp³-hybridized carbons (Fsp3) is 0.133. The number of fused-ring (bicyclic) bond motifs is 1. The number of aromatic hydroxyl groups is 1. The van der Waals surface area contributed by atoms with E-state index in [1.54, 1.807) is 36.4 Å². The fourth-order valence-electron chi connectivity index (χ4n) is 3.90. The minimum Gasteiger partial charge on any atom is -0.507 e. The van der Waals surface area contributed by atoms with Crippen LogP contribution in [-0.4, -0.2) is 23.6 Å². The van der Waals surface area contributed by atoms with E-state index >= 15 is 0 Å². The zero-order chi connectivity index (χ0) is 24.7. The van der Waals surface area contributed by atoms with Crippen molar-refractivity contribution < 1.29 is 29.2 Å². The van der Waals surface area contributed by atoms with E-state index in [0.717, 1.165) is 11.1 Å². The van der Waals surface area contributed by atoms with E-state index in [0.29, 0.717) is 52.9 Å². The van der Waals surface area contributed by atoms with Crippen LogP contribution >= 0.6 is 0 Å². The molecule has 0 radical (unpaired) electrons. The van der Waals surface area contributed by atoms with Gasteiger partial charge in [0.25, 0.3) is 0 Å². The molecule has 1 heterocycles. The Balaban J connectivity index is 1.40. The van der Waals surface area contributed by atoms with E-state index in [2.05, 4.69) is 0 Å². The van der Waals surface area contributed by atoms with Gasteiger partial charge in [0.05, 0.1) is 6.61 Å². The van der Waals surface area contributed by atoms with Crippen LogP contribution in [0.15, 0.2) is 91.0 Å². The Morgan fingerprint density at radius 2 is 1.42 bits per heavy atom. The number of hydrogen-bond acceptors (Lipinski definition) is 6. The lowest BCUT2D eigenvalue weighted by atomic mass is 10.0. The molecule has 36 heavy (non-hydrogen) atoms. The van der Waals surface area contributed by atoms with Crippen LogP contribution in [0.4, 0.5) is 0 Å². The molecule has 4 aromatic rings. The van der Waals surface area contributed by atoms with Crippen molar-refractivity contribution >= 4 is 11.6 Å². The molecule has 4 aromatic carbocycles. The summed E-state index contributed by atoms with van der Waals surface area (Å²) in [7, 11) is 0. The Morgan fingerprint density at radius 3 is 2.06 bits per heavy atom. The zero-order valence-electron chi connectivity index (χ0n) is 19.6. The summed E-state index contributed by atoms with van der Waals surface area (Å²) >= 11 is 0. The second-order valence-corrected chi connectivity index (χ2v) is 8.30. The van der Waals surface area contributed by atoms with Gasteiger partial charge in [-0.2, -0.15) is 0 Å². The van der Waals surface area contributed by atoms with Crippen LogP contribution in [0.25, 0.3) is 11.6 Å². The highest BCUT2D eigenvalue weighted by Crippen LogP contribution is 2.42. The van der Waals surface area contributed by atoms with E-state index in [1.807, 2.05) is 60.7 Å². The zero-order valence-corrected chi connectivity index (χ0v) is 19.6. The van der Waals surface area contributed by atoms with Crippen molar-refractivity contribution in [3.63, 3.8) is 0 Å². The Kier molecular flexibility index (Phi) is 7.05. The maximum Gasteiger partial charge on any atom is 0.231 e. The standard InChI is InChI=1S/C30H26O6/c31-17-24(13-23-11-12-25(14-27(23)32)33-18-21-7-3-1-4-8-21)26-15-29-30(36-20-35-29)16-28(26)34-19-22-9-5-2-6-10-22/h1-16,31-32H,17-20H2. The van der Waals surface area contributed by atoms with Crippen molar-refractivity contribution in [1.29, 1.82) is 0 Å². The van der Waals surface area contributed by atoms with E-state index in [1.165, 1.54) is 0 Å². The molecule has 0 spiro atoms. The summed E-state index contributed by atoms with van der Waals surface area (Å²) in [6.45, 7) is 0.606. The molecule has 5 rings (SSSR count). The van der Waals surface area contributed by atoms with E-state index in [9.17, 15) is 10.2 Å². The molecular formula is C30H26O6. The van der Waals surface area contributed by atoms with Gasteiger partial charge < -0.3 is 29.2 Å². The maximum atomic E-state index is 10.7. The van der Waals surface area contributed by atoms with Crippen molar-refractivity contribution in [2.45, 2.75) is 13.2 Å². The van der Waals surface area contributed by atoms with E-state index in [-0.39, 0.29) is 19.1 Å². The van der Waals surface area contributed by atoms with Gasteiger partial charge in [-0.3, -0.25) is 0 Å². The normalized spacial score (nSPS) is 12.4. The highest BCUT2D eigenvalue weighted by Gasteiger charge is 2.20. The number of rotatable bonds is 9. The van der Waals surface area contributed by atoms with Gasteiger partial charge in [-0.15, -0.1) is 0 Å². The Bertz CT molecular complexity index is 1350. The molecule has 0 aromatic heterocycles. The molecule has 182 valence electrons. The van der Waals surface area contributed by atoms with Crippen molar-refractivity contribution in [3.8, 4) is 28.7 Å². The van der Waals surface area contributed by atoms with E-state index in [4.69, 9.17) is 18.9 Å². The molecule has 1 aliphatic rings. The fourth-order valence-corrected chi connectivity index (χ4v) is 3.90. The lowest BCUT2D eigenvalue weighted by molar-refractivity contribution is 0.173. The monoisotopic (exact) mass is 482 g/mol. The minimum atomic E-state index is -0.271. The summed E-state index contributed by atoms with van der Waals surface area (Å²) in [6.07, 6.45) is 1.73. The number of phenolic OH excluding ortho intramolecular Hbond substituents is 1. The summed E-state index contributed by atoms with van der Waals surface area (Å²) < 4.78 is 23.0. The van der Waals surface area contributed by atoms with Crippen molar-refractivity contribution in [1.82, 2.24) is 0 Å². The highest BCUT2D eigenvalue weighted by atomic mass is 16.7. The van der Waals surface area contributed by atoms with Gasteiger partial charge in [-0.05, 0) is 41.0 Å². The third-order valence-electron chi connectivity index (χ3n) is 5.81. The van der Waals surface area contributed by atoms with Crippen molar-refractivity contribution in [2.75, 3.05) is 13.4 Å². The summed E-state index contributed by atoms with van der Waals surface area (Å²) in [6, 6.07) is 28.3. The van der Waals surface area contributed by atoms with Gasteiger partial charge in [0.15, 0.2) is 11.5 Å². The molecular weight excluding hydrogens is 456 g/mol. The van der Waals surface area contributed by atoms with Gasteiger partial charge in [-0.1, -0.05) is 60.7 Å². The Labute approximate surface area is 209 Å². The molecule has 2 N–H and O–H groups in total. The van der Waals surface area contributed by atoms with Crippen LogP contribution in [0.1, 0.15) is 22.3 Å². The molecule has 0 saturated heterocycles. The Morgan fingerprint density at radius 1 is 0.778 bits per heavy atom. The number of aliphatic hydroxyl groups is 1. The number of benzene rings is 4. The molecule has 0 saturated carbocycles. The first-order valence-electron chi connectivity index (χ1n) is 11.6. The van der Waals surface area contributed by atoms with Gasteiger partial charge >= 0.3 is 0 Å². The molecule has 0 bridgehead atoms. The average molecular weight is 483 g/mol. The van der Waals surface area contributed by atoms with Crippen LogP contribution in [0.5, 0.6) is 28.7 Å². The molecule has 0 aliphatic carbocycles. The third-order valence-corrected chi connectivity index (χ3v) is 5.81. The number of ether oxygens (including phenoxy) is 4. The predicted octanol–water partition coefficient (Wildman–Crippen LogP) is 5.81. The first-order chi connectivity index (χ1) is 17.7. The number of aliphatic hydroxyl groups excluding tert-OH is 1. The Hall–Kier alpha value is -4.42. The SMILES string of the molecule is OCC(=Cc1ccc(OCc2ccccc2)cc1O)c1cc2c(cc1OCc1ccccc1)OCO2. The highest BCUT2D eigenvalue weighted by molar-refractivity contribution is 5.87. The lowest BCUT2D eigenvalue weighted by Gasteiger charge is -2.15. The van der Waals surface area contributed by atoms with Gasteiger partial charge in [0.1, 0.15) is 30.5 Å². The minimum absolute atomic E-state index is 0.0407. The summed E-state index contributed by atoms with van der Waals surface area (Å²) in [4.78, 5) is 0. The summed E-state index contributed by atoms with van der Waals surface area (Å²) in [5, 5.41) is 20.9. The first-order valence-corrected chi connectivity index (χ1v) is 11.6. The third kappa shape index (κ3) is 5.45. The van der Waals surface area contributed by atoms with Gasteiger partial charge in [0.2, 0.25) is 6.79 Å². The molecule has 0 atom stereocenters. The molecule has 0 unspecified atom stereocenters. The van der Waals surface area contributed by atoms with Gasteiger partial charge in [-0.25, -0.2) is 0 Å². The van der Waals surface area contributed by atoms with Crippen LogP contribution < -0.4 is 18.9 Å². The molecule has 1 aliphatic heterocycles. The summed E-state index contributed by atoms with van der Waals surface area (Å²) in [5.74, 6) is 2.30. The van der Waals surface area contributed by atoms with Crippen molar-refractivity contribution in [3.05, 3.63) is 113 Å². The largest absolute Gasteiger partial charge is 0.507 e. The second-order valence-electron chi connectivity index (χ2n) is 8.30. The van der Waals surface area contributed by atoms with E-state index < -0.39 is 0 Å². The van der Waals surface area contributed by atoms with Crippen LogP contribution in [-0.2, 0) is 13.2 Å². The number of hydrogen-bond donors (Lipinski definition) is 2. The average Bonchev–Trinajstić information content (AvgIpc) is 3.38. The number of phenols is 1. The first kappa shape index (κ1) is 23.3. The molecule has 6 nitrogen and oxygen atoms in total. The van der Waals surface area contributed by atoms with Gasteiger partial charge in [0, 0.05) is 23.3 Å². The molecule has 0 fully saturated rings. The molecule has 6 heteroatoms.